The Bertz CT molecular complexity index is 855. The van der Waals surface area contributed by atoms with Crippen molar-refractivity contribution in [3.63, 3.8) is 0 Å². The van der Waals surface area contributed by atoms with Gasteiger partial charge in [0.25, 0.3) is 6.47 Å². The summed E-state index contributed by atoms with van der Waals surface area (Å²) in [5.41, 5.74) is 3.17. The van der Waals surface area contributed by atoms with Gasteiger partial charge in [0.15, 0.2) is 0 Å². The number of hydrogen-bond acceptors (Lipinski definition) is 5. The van der Waals surface area contributed by atoms with E-state index < -0.39 is 5.60 Å². The topological polar surface area (TPSA) is 59.1 Å². The van der Waals surface area contributed by atoms with Gasteiger partial charge in [-0.3, -0.25) is 9.69 Å². The quantitative estimate of drug-likeness (QED) is 0.571. The van der Waals surface area contributed by atoms with E-state index in [2.05, 4.69) is 40.8 Å². The van der Waals surface area contributed by atoms with Gasteiger partial charge in [0.05, 0.1) is 7.11 Å². The van der Waals surface area contributed by atoms with Crippen LogP contribution in [0.4, 0.5) is 4.79 Å². The van der Waals surface area contributed by atoms with E-state index in [1.807, 2.05) is 45.0 Å². The van der Waals surface area contributed by atoms with Crippen LogP contribution >= 0.6 is 11.6 Å². The average molecular weight is 461 g/mol. The Morgan fingerprint density at radius 1 is 0.969 bits per heavy atom. The summed E-state index contributed by atoms with van der Waals surface area (Å²) in [5.74, 6) is 0. The Kier molecular flexibility index (Phi) is 9.54. The fraction of sp³-hybridized carbons (Fsp3) is 0.440. The van der Waals surface area contributed by atoms with Crippen molar-refractivity contribution in [2.24, 2.45) is 0 Å². The zero-order valence-corrected chi connectivity index (χ0v) is 20.3. The third kappa shape index (κ3) is 7.84. The molecule has 32 heavy (non-hydrogen) atoms. The Morgan fingerprint density at radius 3 is 1.88 bits per heavy atom. The van der Waals surface area contributed by atoms with Crippen LogP contribution in [0, 0.1) is 0 Å². The molecule has 0 bridgehead atoms. The Morgan fingerprint density at radius 2 is 1.44 bits per heavy atom. The molecule has 3 rings (SSSR count). The third-order valence-electron chi connectivity index (χ3n) is 5.18. The molecule has 1 saturated heterocycles. The molecule has 0 aromatic heterocycles. The molecule has 1 atom stereocenters. The van der Waals surface area contributed by atoms with Crippen molar-refractivity contribution in [1.82, 2.24) is 9.80 Å². The third-order valence-corrected chi connectivity index (χ3v) is 5.43. The van der Waals surface area contributed by atoms with Crippen LogP contribution in [0.3, 0.4) is 0 Å². The van der Waals surface area contributed by atoms with E-state index in [1.165, 1.54) is 18.2 Å². The fourth-order valence-electron chi connectivity index (χ4n) is 3.43. The molecule has 7 heteroatoms. The highest BCUT2D eigenvalue weighted by atomic mass is 35.5. The van der Waals surface area contributed by atoms with Crippen molar-refractivity contribution >= 4 is 24.2 Å². The summed E-state index contributed by atoms with van der Waals surface area (Å²) in [5, 5.41) is 0.750. The molecule has 0 spiro atoms. The number of halogens is 1. The zero-order valence-electron chi connectivity index (χ0n) is 19.5. The highest BCUT2D eigenvalue weighted by Gasteiger charge is 2.27. The first kappa shape index (κ1) is 25.7. The number of carbonyl (C=O) groups excluding carboxylic acids is 2. The van der Waals surface area contributed by atoms with E-state index in [-0.39, 0.29) is 6.09 Å². The molecule has 2 aromatic carbocycles. The van der Waals surface area contributed by atoms with Gasteiger partial charge >= 0.3 is 6.09 Å². The predicted molar refractivity (Wildman–Crippen MR) is 128 cm³/mol. The lowest BCUT2D eigenvalue weighted by Gasteiger charge is -2.38. The normalized spacial score (nSPS) is 15.2. The fourth-order valence-corrected chi connectivity index (χ4v) is 3.55. The first-order valence-electron chi connectivity index (χ1n) is 10.7. The number of amides is 1. The van der Waals surface area contributed by atoms with Gasteiger partial charge in [0, 0.05) is 37.2 Å². The minimum atomic E-state index is -0.451. The second-order valence-corrected chi connectivity index (χ2v) is 9.08. The molecule has 0 saturated carbocycles. The van der Waals surface area contributed by atoms with Gasteiger partial charge in [-0.05, 0) is 56.5 Å². The summed E-state index contributed by atoms with van der Waals surface area (Å²) in [7, 11) is 1.31. The highest BCUT2D eigenvalue weighted by Crippen LogP contribution is 2.26. The number of carbonyl (C=O) groups is 2. The molecule has 6 nitrogen and oxygen atoms in total. The van der Waals surface area contributed by atoms with Crippen molar-refractivity contribution in [1.29, 1.82) is 0 Å². The molecule has 1 aliphatic rings. The molecule has 0 N–H and O–H groups in total. The van der Waals surface area contributed by atoms with Gasteiger partial charge < -0.3 is 14.4 Å². The molecule has 174 valence electrons. The van der Waals surface area contributed by atoms with Crippen LogP contribution in [0.2, 0.25) is 5.02 Å². The van der Waals surface area contributed by atoms with Crippen molar-refractivity contribution in [2.75, 3.05) is 33.3 Å². The monoisotopic (exact) mass is 460 g/mol. The number of rotatable bonds is 4. The molecule has 1 fully saturated rings. The van der Waals surface area contributed by atoms with Crippen molar-refractivity contribution in [2.45, 2.75) is 39.3 Å². The smallest absolute Gasteiger partial charge is 0.410 e. The first-order chi connectivity index (χ1) is 15.1. The second-order valence-electron chi connectivity index (χ2n) is 8.64. The molecule has 1 aliphatic heterocycles. The van der Waals surface area contributed by atoms with Gasteiger partial charge in [-0.2, -0.15) is 0 Å². The van der Waals surface area contributed by atoms with Gasteiger partial charge in [0.1, 0.15) is 5.60 Å². The first-order valence-corrected chi connectivity index (χ1v) is 11.1. The number of nitrogens with zero attached hydrogens (tertiary/aromatic N) is 2. The molecule has 0 aliphatic carbocycles. The number of benzene rings is 2. The average Bonchev–Trinajstić information content (AvgIpc) is 2.78. The maximum Gasteiger partial charge on any atom is 0.410 e. The molecular weight excluding hydrogens is 428 g/mol. The van der Waals surface area contributed by atoms with Crippen LogP contribution < -0.4 is 0 Å². The SMILES string of the molecule is CC(c1ccc(-c2ccc(Cl)cc2)cc1)N1CCN(C(=O)OC(C)(C)C)CC1.COC=O. The lowest BCUT2D eigenvalue weighted by atomic mass is 10.0. The molecule has 2 aromatic rings. The summed E-state index contributed by atoms with van der Waals surface area (Å²) in [6.45, 7) is 11.4. The predicted octanol–water partition coefficient (Wildman–Crippen LogP) is 5.41. The lowest BCUT2D eigenvalue weighted by Crippen LogP contribution is -2.50. The second kappa shape index (κ2) is 11.9. The summed E-state index contributed by atoms with van der Waals surface area (Å²) < 4.78 is 9.34. The van der Waals surface area contributed by atoms with Crippen molar-refractivity contribution < 1.29 is 19.1 Å². The van der Waals surface area contributed by atoms with Crippen molar-refractivity contribution in [3.8, 4) is 11.1 Å². The number of methoxy groups -OCH3 is 1. The largest absolute Gasteiger partial charge is 0.471 e. The molecular formula is C25H33ClN2O4. The molecule has 1 unspecified atom stereocenters. The minimum Gasteiger partial charge on any atom is -0.471 e. The summed E-state index contributed by atoms with van der Waals surface area (Å²) in [6.07, 6.45) is -0.216. The Labute approximate surface area is 196 Å². The minimum absolute atomic E-state index is 0.216. The molecule has 1 heterocycles. The van der Waals surface area contributed by atoms with Crippen molar-refractivity contribution in [3.05, 3.63) is 59.1 Å². The van der Waals surface area contributed by atoms with E-state index in [0.29, 0.717) is 25.6 Å². The number of ether oxygens (including phenoxy) is 2. The van der Waals surface area contributed by atoms with E-state index in [4.69, 9.17) is 21.1 Å². The van der Waals surface area contributed by atoms with Gasteiger partial charge in [0.2, 0.25) is 0 Å². The van der Waals surface area contributed by atoms with Crippen LogP contribution in [0.15, 0.2) is 48.5 Å². The van der Waals surface area contributed by atoms with Gasteiger partial charge in [-0.15, -0.1) is 0 Å². The van der Waals surface area contributed by atoms with Gasteiger partial charge in [-0.25, -0.2) is 4.79 Å². The Hall–Kier alpha value is -2.57. The van der Waals surface area contributed by atoms with Crippen LogP contribution in [-0.4, -0.2) is 61.3 Å². The zero-order chi connectivity index (χ0) is 23.7. The maximum absolute atomic E-state index is 12.2. The van der Waals surface area contributed by atoms with Crippen LogP contribution in [-0.2, 0) is 14.3 Å². The standard InChI is InChI=1S/C23H29ClN2O2.C2H4O2/c1-17(25-13-15-26(16-14-25)22(27)28-23(2,3)4)18-5-7-19(8-6-18)20-9-11-21(24)12-10-20;1-4-2-3/h5-12,17H,13-16H2,1-4H3;2H,1H3. The molecule has 1 amide bonds. The molecule has 0 radical (unpaired) electrons. The highest BCUT2D eigenvalue weighted by molar-refractivity contribution is 6.30. The van der Waals surface area contributed by atoms with E-state index in [9.17, 15) is 4.79 Å². The van der Waals surface area contributed by atoms with Crippen LogP contribution in [0.25, 0.3) is 11.1 Å². The van der Waals surface area contributed by atoms with Crippen LogP contribution in [0.1, 0.15) is 39.3 Å². The van der Waals surface area contributed by atoms with E-state index >= 15 is 0 Å². The lowest BCUT2D eigenvalue weighted by molar-refractivity contribution is -0.126. The van der Waals surface area contributed by atoms with Gasteiger partial charge in [-0.1, -0.05) is 48.0 Å². The summed E-state index contributed by atoms with van der Waals surface area (Å²) in [6, 6.07) is 16.9. The van der Waals surface area contributed by atoms with E-state index in [0.717, 1.165) is 23.7 Å². The maximum atomic E-state index is 12.2. The summed E-state index contributed by atoms with van der Waals surface area (Å²) in [4.78, 5) is 25.4. The number of piperazine rings is 1. The van der Waals surface area contributed by atoms with Crippen LogP contribution in [0.5, 0.6) is 0 Å². The Balaban J connectivity index is 0.000000837. The summed E-state index contributed by atoms with van der Waals surface area (Å²) >= 11 is 5.98. The van der Waals surface area contributed by atoms with E-state index in [1.54, 1.807) is 4.90 Å². The number of hydrogen-bond donors (Lipinski definition) is 0.